The molecule has 0 spiro atoms. The summed E-state index contributed by atoms with van der Waals surface area (Å²) in [4.78, 5) is 19.5. The van der Waals surface area contributed by atoms with E-state index in [1.807, 2.05) is 37.8 Å². The summed E-state index contributed by atoms with van der Waals surface area (Å²) in [5.41, 5.74) is 3.09. The van der Waals surface area contributed by atoms with Gasteiger partial charge in [-0.25, -0.2) is 8.42 Å². The summed E-state index contributed by atoms with van der Waals surface area (Å²) in [5.74, 6) is 0.969. The van der Waals surface area contributed by atoms with Crippen molar-refractivity contribution in [3.8, 4) is 0 Å². The molecular weight excluding hydrogens is 442 g/mol. The van der Waals surface area contributed by atoms with Crippen molar-refractivity contribution in [2.75, 3.05) is 58.9 Å². The third-order valence-corrected chi connectivity index (χ3v) is 8.55. The quantitative estimate of drug-likeness (QED) is 0.621. The Bertz CT molecular complexity index is 1050. The number of hydrogen-bond acceptors (Lipinski definition) is 7. The Balaban J connectivity index is 1.23. The molecule has 2 aromatic rings. The van der Waals surface area contributed by atoms with E-state index in [1.54, 1.807) is 12.1 Å². The maximum absolute atomic E-state index is 12.9. The Kier molecular flexibility index (Phi) is 7.18. The summed E-state index contributed by atoms with van der Waals surface area (Å²) in [5, 5.41) is 4.02. The number of carbonyl (C=O) groups is 1. The van der Waals surface area contributed by atoms with Crippen LogP contribution in [0.4, 0.5) is 0 Å². The topological polar surface area (TPSA) is 90.2 Å². The molecule has 1 aromatic heterocycles. The van der Waals surface area contributed by atoms with Crippen LogP contribution >= 0.6 is 0 Å². The summed E-state index contributed by atoms with van der Waals surface area (Å²) in [6, 6.07) is 6.95. The highest BCUT2D eigenvalue weighted by molar-refractivity contribution is 7.89. The van der Waals surface area contributed by atoms with Gasteiger partial charge in [0.2, 0.25) is 15.9 Å². The lowest BCUT2D eigenvalue weighted by Crippen LogP contribution is -2.54. The molecule has 9 nitrogen and oxygen atoms in total. The number of aromatic nitrogens is 1. The van der Waals surface area contributed by atoms with Gasteiger partial charge in [0, 0.05) is 64.5 Å². The molecule has 2 fully saturated rings. The van der Waals surface area contributed by atoms with Crippen LogP contribution in [-0.4, -0.2) is 97.4 Å². The van der Waals surface area contributed by atoms with Crippen LogP contribution in [0.25, 0.3) is 0 Å². The van der Waals surface area contributed by atoms with Crippen molar-refractivity contribution in [2.45, 2.75) is 32.2 Å². The van der Waals surface area contributed by atoms with Crippen LogP contribution in [0.2, 0.25) is 0 Å². The molecule has 2 saturated heterocycles. The third kappa shape index (κ3) is 5.46. The van der Waals surface area contributed by atoms with Crippen LogP contribution in [0, 0.1) is 20.8 Å². The van der Waals surface area contributed by atoms with Crippen molar-refractivity contribution in [3.63, 3.8) is 0 Å². The molecule has 4 rings (SSSR count). The fraction of sp³-hybridized carbons (Fsp3) is 0.565. The Hall–Kier alpha value is -2.27. The van der Waals surface area contributed by atoms with E-state index in [-0.39, 0.29) is 5.91 Å². The van der Waals surface area contributed by atoms with Crippen LogP contribution in [-0.2, 0) is 21.4 Å². The maximum Gasteiger partial charge on any atom is 0.243 e. The maximum atomic E-state index is 12.9. The van der Waals surface area contributed by atoms with Crippen LogP contribution in [0.15, 0.2) is 33.7 Å². The number of carbonyl (C=O) groups excluding carboxylic acids is 1. The highest BCUT2D eigenvalue weighted by atomic mass is 32.2. The van der Waals surface area contributed by atoms with Crippen molar-refractivity contribution in [1.82, 2.24) is 24.2 Å². The largest absolute Gasteiger partial charge is 0.361 e. The molecule has 2 aliphatic rings. The van der Waals surface area contributed by atoms with E-state index in [4.69, 9.17) is 4.52 Å². The highest BCUT2D eigenvalue weighted by Gasteiger charge is 2.30. The molecule has 0 bridgehead atoms. The van der Waals surface area contributed by atoms with Crippen LogP contribution in [0.3, 0.4) is 0 Å². The summed E-state index contributed by atoms with van der Waals surface area (Å²) in [6.45, 7) is 11.9. The molecular formula is C23H33N5O4S. The predicted molar refractivity (Wildman–Crippen MR) is 124 cm³/mol. The second-order valence-corrected chi connectivity index (χ2v) is 10.9. The molecule has 2 aliphatic heterocycles. The Labute approximate surface area is 196 Å². The molecule has 33 heavy (non-hydrogen) atoms. The molecule has 180 valence electrons. The average Bonchev–Trinajstić information content (AvgIpc) is 3.12. The van der Waals surface area contributed by atoms with Gasteiger partial charge < -0.3 is 9.42 Å². The molecule has 0 aliphatic carbocycles. The van der Waals surface area contributed by atoms with E-state index in [2.05, 4.69) is 15.0 Å². The van der Waals surface area contributed by atoms with E-state index >= 15 is 0 Å². The van der Waals surface area contributed by atoms with Crippen molar-refractivity contribution < 1.29 is 17.7 Å². The summed E-state index contributed by atoms with van der Waals surface area (Å²) < 4.78 is 32.5. The van der Waals surface area contributed by atoms with Crippen molar-refractivity contribution in [2.24, 2.45) is 0 Å². The van der Waals surface area contributed by atoms with Gasteiger partial charge in [0.25, 0.3) is 0 Å². The fourth-order valence-electron chi connectivity index (χ4n) is 4.39. The van der Waals surface area contributed by atoms with Gasteiger partial charge in [-0.1, -0.05) is 22.9 Å². The number of piperazine rings is 2. The minimum absolute atomic E-state index is 0.113. The molecule has 0 N–H and O–H groups in total. The lowest BCUT2D eigenvalue weighted by atomic mass is 10.2. The highest BCUT2D eigenvalue weighted by Crippen LogP contribution is 2.19. The van der Waals surface area contributed by atoms with Gasteiger partial charge >= 0.3 is 0 Å². The first kappa shape index (κ1) is 23.9. The van der Waals surface area contributed by atoms with Crippen molar-refractivity contribution in [3.05, 3.63) is 46.8 Å². The first-order valence-electron chi connectivity index (χ1n) is 11.4. The lowest BCUT2D eigenvalue weighted by molar-refractivity contribution is -0.134. The van der Waals surface area contributed by atoms with Crippen molar-refractivity contribution >= 4 is 15.9 Å². The van der Waals surface area contributed by atoms with Gasteiger partial charge in [0.15, 0.2) is 0 Å². The smallest absolute Gasteiger partial charge is 0.243 e. The van der Waals surface area contributed by atoms with Gasteiger partial charge in [-0.05, 0) is 32.9 Å². The molecule has 1 amide bonds. The van der Waals surface area contributed by atoms with Gasteiger partial charge in [0.05, 0.1) is 17.1 Å². The molecule has 1 aromatic carbocycles. The Morgan fingerprint density at radius 3 is 2.09 bits per heavy atom. The molecule has 0 saturated carbocycles. The summed E-state index contributed by atoms with van der Waals surface area (Å²) >= 11 is 0. The fourth-order valence-corrected chi connectivity index (χ4v) is 5.81. The van der Waals surface area contributed by atoms with Crippen LogP contribution < -0.4 is 0 Å². The molecule has 3 heterocycles. The van der Waals surface area contributed by atoms with E-state index in [0.717, 1.165) is 42.2 Å². The molecule has 10 heteroatoms. The number of sulfonamides is 1. The second kappa shape index (κ2) is 9.92. The van der Waals surface area contributed by atoms with E-state index in [9.17, 15) is 13.2 Å². The van der Waals surface area contributed by atoms with Gasteiger partial charge in [-0.15, -0.1) is 0 Å². The normalized spacial score (nSPS) is 19.2. The zero-order chi connectivity index (χ0) is 23.6. The van der Waals surface area contributed by atoms with E-state index in [1.165, 1.54) is 4.31 Å². The number of hydrogen-bond donors (Lipinski definition) is 0. The van der Waals surface area contributed by atoms with E-state index in [0.29, 0.717) is 50.7 Å². The van der Waals surface area contributed by atoms with Crippen LogP contribution in [0.1, 0.15) is 22.6 Å². The van der Waals surface area contributed by atoms with Gasteiger partial charge in [-0.2, -0.15) is 4.31 Å². The molecule has 0 unspecified atom stereocenters. The number of rotatable bonds is 6. The number of benzene rings is 1. The lowest BCUT2D eigenvalue weighted by Gasteiger charge is -2.37. The molecule has 0 atom stereocenters. The van der Waals surface area contributed by atoms with E-state index < -0.39 is 10.0 Å². The predicted octanol–water partition coefficient (Wildman–Crippen LogP) is 1.25. The summed E-state index contributed by atoms with van der Waals surface area (Å²) in [6.07, 6.45) is 0. The third-order valence-electron chi connectivity index (χ3n) is 6.64. The standard InChI is InChI=1S/C23H33N5O4S/c1-18-4-6-21(7-5-18)33(30,31)28-14-10-26(11-15-28)17-23(29)27-12-8-25(9-13-27)16-22-19(2)24-32-20(22)3/h4-7H,8-17H2,1-3H3. The zero-order valence-electron chi connectivity index (χ0n) is 19.7. The number of aryl methyl sites for hydroxylation is 3. The van der Waals surface area contributed by atoms with Gasteiger partial charge in [0.1, 0.15) is 5.76 Å². The molecule has 0 radical (unpaired) electrons. The van der Waals surface area contributed by atoms with Crippen LogP contribution in [0.5, 0.6) is 0 Å². The average molecular weight is 476 g/mol. The van der Waals surface area contributed by atoms with Gasteiger partial charge in [-0.3, -0.25) is 14.6 Å². The van der Waals surface area contributed by atoms with Crippen molar-refractivity contribution in [1.29, 1.82) is 0 Å². The minimum atomic E-state index is -3.49. The zero-order valence-corrected chi connectivity index (χ0v) is 20.5. The monoisotopic (exact) mass is 475 g/mol. The first-order chi connectivity index (χ1) is 15.7. The first-order valence-corrected chi connectivity index (χ1v) is 12.9. The SMILES string of the molecule is Cc1ccc(S(=O)(=O)N2CCN(CC(=O)N3CCN(Cc4c(C)noc4C)CC3)CC2)cc1. The Morgan fingerprint density at radius 2 is 1.52 bits per heavy atom. The summed E-state index contributed by atoms with van der Waals surface area (Å²) in [7, 11) is -3.49. The second-order valence-electron chi connectivity index (χ2n) is 8.95. The minimum Gasteiger partial charge on any atom is -0.361 e. The number of amides is 1. The number of nitrogens with zero attached hydrogens (tertiary/aromatic N) is 5. The Morgan fingerprint density at radius 1 is 0.909 bits per heavy atom.